The van der Waals surface area contributed by atoms with Crippen molar-refractivity contribution in [3.05, 3.63) is 131 Å². The van der Waals surface area contributed by atoms with Gasteiger partial charge in [-0.15, -0.1) is 0 Å². The number of aryl methyl sites for hydroxylation is 2. The molecular weight excluding hydrogens is 575 g/mol. The molecule has 7 heteroatoms. The Morgan fingerprint density at radius 2 is 1.56 bits per heavy atom. The summed E-state index contributed by atoms with van der Waals surface area (Å²) in [4.78, 5) is 12.3. The maximum atomic E-state index is 12.3. The first-order valence-electron chi connectivity index (χ1n) is 14.1. The average Bonchev–Trinajstić information content (AvgIpc) is 3.01. The summed E-state index contributed by atoms with van der Waals surface area (Å²) in [5, 5.41) is 28.3. The number of rotatable bonds is 15. The van der Waals surface area contributed by atoms with Crippen molar-refractivity contribution in [2.45, 2.75) is 49.0 Å². The number of hydrogen-bond acceptors (Lipinski definition) is 4. The van der Waals surface area contributed by atoms with E-state index >= 15 is 0 Å². The molecule has 0 saturated heterocycles. The van der Waals surface area contributed by atoms with Crippen molar-refractivity contribution in [1.82, 2.24) is 5.32 Å². The van der Waals surface area contributed by atoms with Gasteiger partial charge in [0.05, 0.1) is 0 Å². The van der Waals surface area contributed by atoms with E-state index in [2.05, 4.69) is 28.8 Å². The summed E-state index contributed by atoms with van der Waals surface area (Å²) in [6.07, 6.45) is 2.18. The van der Waals surface area contributed by atoms with Crippen LogP contribution in [0.1, 0.15) is 40.3 Å². The molecule has 2 amide bonds. The van der Waals surface area contributed by atoms with E-state index in [1.807, 2.05) is 84.9 Å². The van der Waals surface area contributed by atoms with Gasteiger partial charge in [-0.2, -0.15) is 0 Å². The molecule has 0 aliphatic rings. The standard InChI is InChI=1S/C34H39AsN2O4/c38-24-30-22-29(16-17-33(30)41-25-28-11-5-2-6-12-28)32(39)23-35-19-18-27-13-7-15-31(21-27)37-34(40)36-20-8-14-26-9-3-1-4-10-26/h1-7,9-13,15-17,21-22,32,35,38-39H,8,14,18-20,23-25H2,(H2,36,37,40)/t32-/m0/s1. The number of urea groups is 1. The van der Waals surface area contributed by atoms with Crippen molar-refractivity contribution in [3.63, 3.8) is 0 Å². The molecule has 0 bridgehead atoms. The number of anilines is 1. The number of hydrogen-bond donors (Lipinski definition) is 4. The third-order valence-corrected chi connectivity index (χ3v) is 9.44. The molecule has 41 heavy (non-hydrogen) atoms. The van der Waals surface area contributed by atoms with E-state index in [1.54, 1.807) is 0 Å². The molecule has 4 aromatic carbocycles. The fourth-order valence-electron chi connectivity index (χ4n) is 4.51. The molecule has 0 heterocycles. The van der Waals surface area contributed by atoms with Crippen LogP contribution in [0.25, 0.3) is 0 Å². The second kappa shape index (κ2) is 16.6. The molecule has 1 unspecified atom stereocenters. The molecule has 0 aliphatic carbocycles. The first kappa shape index (κ1) is 30.4. The van der Waals surface area contributed by atoms with Gasteiger partial charge >= 0.3 is 220 Å². The predicted octanol–water partition coefficient (Wildman–Crippen LogP) is 6.06. The Kier molecular flexibility index (Phi) is 12.3. The fraction of sp³-hybridized carbons (Fsp3) is 0.265. The molecule has 6 nitrogen and oxygen atoms in total. The Morgan fingerprint density at radius 3 is 2.32 bits per heavy atom. The summed E-state index contributed by atoms with van der Waals surface area (Å²) in [6, 6.07) is 33.5. The van der Waals surface area contributed by atoms with Crippen LogP contribution in [0, 0.1) is 0 Å². The minimum absolute atomic E-state index is 0.142. The SMILES string of the molecule is O=C(NCCCc1ccccc1)Nc1cccc(CC[AsH]C[C@H](O)c2ccc(OCc3ccccc3)c(CO)c2)c1. The summed E-state index contributed by atoms with van der Waals surface area (Å²) in [6.45, 7) is 0.909. The molecule has 0 aliphatic heterocycles. The molecule has 0 aromatic heterocycles. The van der Waals surface area contributed by atoms with Crippen LogP contribution in [-0.2, 0) is 26.1 Å². The number of aliphatic hydroxyl groups excluding tert-OH is 2. The zero-order valence-electron chi connectivity index (χ0n) is 23.3. The van der Waals surface area contributed by atoms with Crippen LogP contribution in [0.5, 0.6) is 5.75 Å². The van der Waals surface area contributed by atoms with Crippen LogP contribution >= 0.6 is 0 Å². The van der Waals surface area contributed by atoms with E-state index in [1.165, 1.54) is 11.1 Å². The van der Waals surface area contributed by atoms with E-state index in [0.717, 1.165) is 46.5 Å². The number of carbonyl (C=O) groups is 1. The summed E-state index contributed by atoms with van der Waals surface area (Å²) >= 11 is -0.375. The zero-order chi connectivity index (χ0) is 28.7. The third kappa shape index (κ3) is 10.4. The molecule has 0 saturated carbocycles. The van der Waals surface area contributed by atoms with Gasteiger partial charge in [0.25, 0.3) is 0 Å². The van der Waals surface area contributed by atoms with E-state index in [4.69, 9.17) is 4.74 Å². The minimum atomic E-state index is -0.554. The summed E-state index contributed by atoms with van der Waals surface area (Å²) in [5.74, 6) is 0.637. The molecular formula is C34H39AsN2O4. The van der Waals surface area contributed by atoms with Crippen LogP contribution in [-0.4, -0.2) is 38.5 Å². The van der Waals surface area contributed by atoms with Gasteiger partial charge in [-0.25, -0.2) is 0 Å². The zero-order valence-corrected chi connectivity index (χ0v) is 25.4. The molecule has 4 rings (SSSR count). The Hall–Kier alpha value is -3.57. The van der Waals surface area contributed by atoms with Crippen LogP contribution in [0.3, 0.4) is 0 Å². The number of ether oxygens (including phenoxy) is 1. The summed E-state index contributed by atoms with van der Waals surface area (Å²) in [7, 11) is 0. The van der Waals surface area contributed by atoms with Crippen LogP contribution in [0.4, 0.5) is 10.5 Å². The topological polar surface area (TPSA) is 90.8 Å². The van der Waals surface area contributed by atoms with E-state index in [0.29, 0.717) is 24.5 Å². The third-order valence-electron chi connectivity index (χ3n) is 6.76. The van der Waals surface area contributed by atoms with Gasteiger partial charge in [0, 0.05) is 0 Å². The molecule has 214 valence electrons. The van der Waals surface area contributed by atoms with Crippen molar-refractivity contribution >= 4 is 27.5 Å². The van der Waals surface area contributed by atoms with Crippen molar-refractivity contribution < 1.29 is 19.7 Å². The monoisotopic (exact) mass is 614 g/mol. The number of aliphatic hydroxyl groups is 2. The first-order chi connectivity index (χ1) is 20.1. The fourth-order valence-corrected chi connectivity index (χ4v) is 6.99. The molecule has 0 fully saturated rings. The van der Waals surface area contributed by atoms with Crippen LogP contribution in [0.2, 0.25) is 10.4 Å². The second-order valence-corrected chi connectivity index (χ2v) is 12.9. The van der Waals surface area contributed by atoms with Gasteiger partial charge in [-0.05, 0) is 0 Å². The summed E-state index contributed by atoms with van der Waals surface area (Å²) < 4.78 is 5.91. The van der Waals surface area contributed by atoms with Gasteiger partial charge in [0.2, 0.25) is 0 Å². The number of nitrogens with one attached hydrogen (secondary N) is 2. The van der Waals surface area contributed by atoms with Gasteiger partial charge in [-0.1, -0.05) is 30.3 Å². The maximum absolute atomic E-state index is 12.3. The van der Waals surface area contributed by atoms with E-state index in [9.17, 15) is 15.0 Å². The molecule has 4 aromatic rings. The van der Waals surface area contributed by atoms with Crippen molar-refractivity contribution in [2.24, 2.45) is 0 Å². The Bertz CT molecular complexity index is 1350. The van der Waals surface area contributed by atoms with Crippen LogP contribution in [0.15, 0.2) is 103 Å². The Balaban J connectivity index is 1.16. The number of amides is 2. The predicted molar refractivity (Wildman–Crippen MR) is 167 cm³/mol. The van der Waals surface area contributed by atoms with Gasteiger partial charge in [-0.3, -0.25) is 0 Å². The van der Waals surface area contributed by atoms with Crippen molar-refractivity contribution in [3.8, 4) is 5.75 Å². The Labute approximate surface area is 249 Å². The van der Waals surface area contributed by atoms with Crippen molar-refractivity contribution in [2.75, 3.05) is 11.9 Å². The first-order valence-corrected chi connectivity index (χ1v) is 17.0. The van der Waals surface area contributed by atoms with Gasteiger partial charge in [0.1, 0.15) is 0 Å². The Morgan fingerprint density at radius 1 is 0.829 bits per heavy atom. The van der Waals surface area contributed by atoms with E-state index < -0.39 is 6.10 Å². The average molecular weight is 615 g/mol. The van der Waals surface area contributed by atoms with Crippen molar-refractivity contribution in [1.29, 1.82) is 0 Å². The number of carbonyl (C=O) groups excluding carboxylic acids is 1. The molecule has 0 radical (unpaired) electrons. The number of benzene rings is 4. The van der Waals surface area contributed by atoms with E-state index in [-0.39, 0.29) is 28.4 Å². The van der Waals surface area contributed by atoms with Crippen LogP contribution < -0.4 is 15.4 Å². The second-order valence-electron chi connectivity index (χ2n) is 9.94. The normalized spacial score (nSPS) is 11.9. The molecule has 4 N–H and O–H groups in total. The molecule has 0 spiro atoms. The quantitative estimate of drug-likeness (QED) is 0.0968. The summed E-state index contributed by atoms with van der Waals surface area (Å²) in [5.41, 5.74) is 5.79. The molecule has 2 atom stereocenters. The van der Waals surface area contributed by atoms with Gasteiger partial charge < -0.3 is 0 Å². The van der Waals surface area contributed by atoms with Gasteiger partial charge in [0.15, 0.2) is 0 Å².